The molecule has 1 heteroatoms. The molecule has 3 atom stereocenters. The first-order chi connectivity index (χ1) is 22.8. The first-order valence-electron chi connectivity index (χ1n) is 16.1. The molecular weight excluding hydrogens is 555 g/mol. The fraction of sp³-hybridized carbons (Fsp3) is 0.0889. The topological polar surface area (TPSA) is 23.8 Å². The molecule has 0 amide bonds. The van der Waals surface area contributed by atoms with E-state index in [1.54, 1.807) is 0 Å². The van der Waals surface area contributed by atoms with Crippen molar-refractivity contribution in [2.75, 3.05) is 0 Å². The van der Waals surface area contributed by atoms with Gasteiger partial charge in [0.15, 0.2) is 0 Å². The van der Waals surface area contributed by atoms with Crippen LogP contribution in [0.25, 0.3) is 22.3 Å². The number of rotatable bonds is 4. The molecule has 3 aliphatic carbocycles. The molecule has 216 valence electrons. The monoisotopic (exact) mass is 585 g/mol. The number of nitriles is 1. The number of benzene rings is 6. The normalized spacial score (nSPS) is 21.6. The van der Waals surface area contributed by atoms with Crippen molar-refractivity contribution >= 4 is 0 Å². The molecule has 6 aromatic rings. The molecule has 0 saturated heterocycles. The molecule has 0 bridgehead atoms. The minimum atomic E-state index is -0.438. The predicted octanol–water partition coefficient (Wildman–Crippen LogP) is 10.4. The molecule has 0 heterocycles. The maximum Gasteiger partial charge on any atom is 0.0991 e. The molecule has 9 rings (SSSR count). The Hall–Kier alpha value is -5.71. The third-order valence-corrected chi connectivity index (χ3v) is 10.7. The summed E-state index contributed by atoms with van der Waals surface area (Å²) in [7, 11) is 0. The zero-order valence-electron chi connectivity index (χ0n) is 25.4. The molecule has 46 heavy (non-hydrogen) atoms. The largest absolute Gasteiger partial charge is 0.192 e. The van der Waals surface area contributed by atoms with Crippen molar-refractivity contribution in [3.63, 3.8) is 0 Å². The second-order valence-corrected chi connectivity index (χ2v) is 12.7. The highest BCUT2D eigenvalue weighted by Gasteiger charge is 2.58. The van der Waals surface area contributed by atoms with Gasteiger partial charge in [-0.05, 0) is 91.7 Å². The molecule has 0 fully saturated rings. The lowest BCUT2D eigenvalue weighted by molar-refractivity contribution is 0.424. The summed E-state index contributed by atoms with van der Waals surface area (Å²) in [5.41, 5.74) is 14.2. The van der Waals surface area contributed by atoms with E-state index in [2.05, 4.69) is 164 Å². The summed E-state index contributed by atoms with van der Waals surface area (Å²) < 4.78 is 0. The SMILES string of the molecule is N#Cc1ccc(-c2cccc(C3(C4C=CC=CC4)c4ccccc4C4(c5ccccc5)c5ccccc5-c5cccc3c54)c2)cc1. The second kappa shape index (κ2) is 10.2. The molecule has 1 nitrogen and oxygen atoms in total. The van der Waals surface area contributed by atoms with Crippen LogP contribution >= 0.6 is 0 Å². The van der Waals surface area contributed by atoms with Gasteiger partial charge >= 0.3 is 0 Å². The average Bonchev–Trinajstić information content (AvgIpc) is 3.45. The molecule has 3 unspecified atom stereocenters. The van der Waals surface area contributed by atoms with Gasteiger partial charge in [-0.15, -0.1) is 0 Å². The van der Waals surface area contributed by atoms with Crippen LogP contribution in [0.5, 0.6) is 0 Å². The van der Waals surface area contributed by atoms with Gasteiger partial charge in [-0.3, -0.25) is 0 Å². The van der Waals surface area contributed by atoms with E-state index in [0.717, 1.165) is 17.5 Å². The molecule has 0 aliphatic heterocycles. The summed E-state index contributed by atoms with van der Waals surface area (Å²) in [6.07, 6.45) is 10.1. The van der Waals surface area contributed by atoms with Crippen molar-refractivity contribution < 1.29 is 0 Å². The lowest BCUT2D eigenvalue weighted by atomic mass is 9.49. The van der Waals surface area contributed by atoms with Crippen LogP contribution in [0.1, 0.15) is 50.9 Å². The van der Waals surface area contributed by atoms with Gasteiger partial charge < -0.3 is 0 Å². The van der Waals surface area contributed by atoms with Crippen LogP contribution in [0.4, 0.5) is 0 Å². The molecule has 0 saturated carbocycles. The van der Waals surface area contributed by atoms with Crippen molar-refractivity contribution in [1.82, 2.24) is 0 Å². The first kappa shape index (κ1) is 26.7. The van der Waals surface area contributed by atoms with E-state index in [0.29, 0.717) is 5.56 Å². The van der Waals surface area contributed by atoms with Crippen LogP contribution in [0, 0.1) is 17.2 Å². The van der Waals surface area contributed by atoms with E-state index < -0.39 is 10.8 Å². The van der Waals surface area contributed by atoms with Crippen molar-refractivity contribution in [3.8, 4) is 28.3 Å². The van der Waals surface area contributed by atoms with Gasteiger partial charge in [0.1, 0.15) is 0 Å². The van der Waals surface area contributed by atoms with E-state index in [1.165, 1.54) is 50.1 Å². The Morgan fingerprint density at radius 1 is 0.543 bits per heavy atom. The highest BCUT2D eigenvalue weighted by molar-refractivity contribution is 5.91. The maximum atomic E-state index is 9.43. The van der Waals surface area contributed by atoms with Gasteiger partial charge in [-0.1, -0.05) is 152 Å². The summed E-state index contributed by atoms with van der Waals surface area (Å²) in [5.74, 6) is 0.207. The molecular formula is C45H31N. The van der Waals surface area contributed by atoms with E-state index in [4.69, 9.17) is 0 Å². The fourth-order valence-electron chi connectivity index (χ4n) is 8.92. The van der Waals surface area contributed by atoms with Crippen LogP contribution in [0.3, 0.4) is 0 Å². The van der Waals surface area contributed by atoms with Crippen molar-refractivity contribution in [1.29, 1.82) is 5.26 Å². The van der Waals surface area contributed by atoms with Crippen molar-refractivity contribution in [2.24, 2.45) is 5.92 Å². The molecule has 6 aromatic carbocycles. The maximum absolute atomic E-state index is 9.43. The Balaban J connectivity index is 1.43. The van der Waals surface area contributed by atoms with Crippen molar-refractivity contribution in [2.45, 2.75) is 17.3 Å². The average molecular weight is 586 g/mol. The number of nitrogens with zero attached hydrogens (tertiary/aromatic N) is 1. The van der Waals surface area contributed by atoms with Gasteiger partial charge in [0.25, 0.3) is 0 Å². The Kier molecular flexibility index (Phi) is 5.89. The summed E-state index contributed by atoms with van der Waals surface area (Å²) in [5, 5.41) is 9.43. The predicted molar refractivity (Wildman–Crippen MR) is 187 cm³/mol. The molecule has 0 N–H and O–H groups in total. The van der Waals surface area contributed by atoms with Gasteiger partial charge in [-0.25, -0.2) is 0 Å². The van der Waals surface area contributed by atoms with Crippen LogP contribution in [-0.2, 0) is 10.8 Å². The summed E-state index contributed by atoms with van der Waals surface area (Å²) >= 11 is 0. The van der Waals surface area contributed by atoms with Crippen molar-refractivity contribution in [3.05, 3.63) is 214 Å². The summed E-state index contributed by atoms with van der Waals surface area (Å²) in [4.78, 5) is 0. The van der Waals surface area contributed by atoms with Crippen LogP contribution in [-0.4, -0.2) is 0 Å². The van der Waals surface area contributed by atoms with E-state index >= 15 is 0 Å². The van der Waals surface area contributed by atoms with E-state index in [9.17, 15) is 5.26 Å². The van der Waals surface area contributed by atoms with Gasteiger partial charge in [0, 0.05) is 0 Å². The van der Waals surface area contributed by atoms with Crippen LogP contribution in [0.2, 0.25) is 0 Å². The number of hydrogen-bond donors (Lipinski definition) is 0. The Labute approximate surface area is 270 Å². The molecule has 3 aliphatic rings. The quantitative estimate of drug-likeness (QED) is 0.202. The zero-order valence-corrected chi connectivity index (χ0v) is 25.4. The lowest BCUT2D eigenvalue weighted by Crippen LogP contribution is -2.47. The minimum absolute atomic E-state index is 0.207. The van der Waals surface area contributed by atoms with Gasteiger partial charge in [-0.2, -0.15) is 5.26 Å². The number of allylic oxidation sites excluding steroid dienone is 4. The van der Waals surface area contributed by atoms with E-state index in [-0.39, 0.29) is 5.92 Å². The number of fused-ring (bicyclic) bond motifs is 5. The number of hydrogen-bond acceptors (Lipinski definition) is 1. The molecule has 0 radical (unpaired) electrons. The minimum Gasteiger partial charge on any atom is -0.192 e. The zero-order chi connectivity index (χ0) is 30.7. The van der Waals surface area contributed by atoms with Gasteiger partial charge in [0.05, 0.1) is 22.5 Å². The Bertz CT molecular complexity index is 2250. The first-order valence-corrected chi connectivity index (χ1v) is 16.1. The van der Waals surface area contributed by atoms with Crippen LogP contribution in [0.15, 0.2) is 170 Å². The smallest absolute Gasteiger partial charge is 0.0991 e. The Morgan fingerprint density at radius 2 is 1.22 bits per heavy atom. The molecule has 0 spiro atoms. The lowest BCUT2D eigenvalue weighted by Gasteiger charge is -2.52. The summed E-state index contributed by atoms with van der Waals surface area (Å²) in [6, 6.07) is 55.9. The fourth-order valence-corrected chi connectivity index (χ4v) is 8.92. The molecule has 0 aromatic heterocycles. The van der Waals surface area contributed by atoms with Crippen LogP contribution < -0.4 is 0 Å². The third kappa shape index (κ3) is 3.45. The third-order valence-electron chi connectivity index (χ3n) is 10.7. The Morgan fingerprint density at radius 3 is 2.00 bits per heavy atom. The van der Waals surface area contributed by atoms with Gasteiger partial charge in [0.2, 0.25) is 0 Å². The second-order valence-electron chi connectivity index (χ2n) is 12.7. The van der Waals surface area contributed by atoms with E-state index in [1.807, 2.05) is 12.1 Å². The standard InChI is InChI=1S/C45H31N/c46-30-31-25-27-32(28-26-31)33-13-11-18-36(29-33)44(34-14-3-1-4-15-34)40-22-9-10-23-41(40)45(35-16-5-2-6-17-35)39-21-8-7-19-37(39)38-20-12-24-42(44)43(38)45/h1-14,16-29,34H,15H2. The highest BCUT2D eigenvalue weighted by atomic mass is 14.6. The highest BCUT2D eigenvalue weighted by Crippen LogP contribution is 2.66. The summed E-state index contributed by atoms with van der Waals surface area (Å²) in [6.45, 7) is 0.